The van der Waals surface area contributed by atoms with E-state index in [1.165, 1.54) is 18.3 Å². The summed E-state index contributed by atoms with van der Waals surface area (Å²) in [5.74, 6) is 0.227. The molecule has 1 aromatic carbocycles. The summed E-state index contributed by atoms with van der Waals surface area (Å²) in [6.45, 7) is 2.07. The standard InChI is InChI=1S/C13H13BrClN3O2S/c1-8-4-13(17-7-10(8)14)18-21(19,20)12-5-9(6-16)2-3-11(12)15/h2-5,7H,6,16H2,1H3,(H,17,18). The van der Waals surface area contributed by atoms with E-state index in [2.05, 4.69) is 25.6 Å². The second-order valence-electron chi connectivity index (χ2n) is 4.39. The van der Waals surface area contributed by atoms with Crippen molar-refractivity contribution < 1.29 is 8.42 Å². The van der Waals surface area contributed by atoms with Gasteiger partial charge in [0.15, 0.2) is 0 Å². The molecule has 21 heavy (non-hydrogen) atoms. The molecule has 1 heterocycles. The van der Waals surface area contributed by atoms with E-state index in [0.717, 1.165) is 10.0 Å². The molecule has 0 radical (unpaired) electrons. The normalized spacial score (nSPS) is 11.4. The molecule has 0 amide bonds. The first-order valence-corrected chi connectivity index (χ1v) is 8.62. The average Bonchev–Trinajstić information content (AvgIpc) is 2.43. The summed E-state index contributed by atoms with van der Waals surface area (Å²) in [6, 6.07) is 6.28. The van der Waals surface area contributed by atoms with Gasteiger partial charge >= 0.3 is 0 Å². The maximum absolute atomic E-state index is 12.4. The van der Waals surface area contributed by atoms with Crippen LogP contribution in [0, 0.1) is 6.92 Å². The van der Waals surface area contributed by atoms with Crippen molar-refractivity contribution in [3.05, 3.63) is 51.1 Å². The Morgan fingerprint density at radius 2 is 2.10 bits per heavy atom. The highest BCUT2D eigenvalue weighted by Crippen LogP contribution is 2.25. The zero-order chi connectivity index (χ0) is 15.6. The van der Waals surface area contributed by atoms with Gasteiger partial charge in [0.05, 0.1) is 5.02 Å². The van der Waals surface area contributed by atoms with E-state index in [0.29, 0.717) is 5.56 Å². The van der Waals surface area contributed by atoms with Crippen molar-refractivity contribution in [2.75, 3.05) is 4.72 Å². The molecule has 1 aromatic heterocycles. The van der Waals surface area contributed by atoms with Crippen molar-refractivity contribution in [1.29, 1.82) is 0 Å². The van der Waals surface area contributed by atoms with Crippen LogP contribution in [-0.4, -0.2) is 13.4 Å². The third-order valence-electron chi connectivity index (χ3n) is 2.81. The highest BCUT2D eigenvalue weighted by atomic mass is 79.9. The van der Waals surface area contributed by atoms with E-state index >= 15 is 0 Å². The summed E-state index contributed by atoms with van der Waals surface area (Å²) in [5.41, 5.74) is 7.07. The van der Waals surface area contributed by atoms with E-state index in [1.54, 1.807) is 12.1 Å². The van der Waals surface area contributed by atoms with Gasteiger partial charge in [0.25, 0.3) is 10.0 Å². The Morgan fingerprint density at radius 1 is 1.38 bits per heavy atom. The molecule has 0 atom stereocenters. The van der Waals surface area contributed by atoms with Crippen LogP contribution in [0.2, 0.25) is 5.02 Å². The van der Waals surface area contributed by atoms with Crippen LogP contribution in [0.15, 0.2) is 39.8 Å². The Balaban J connectivity index is 2.40. The highest BCUT2D eigenvalue weighted by Gasteiger charge is 2.19. The van der Waals surface area contributed by atoms with Crippen LogP contribution < -0.4 is 10.5 Å². The van der Waals surface area contributed by atoms with Gasteiger partial charge in [0.2, 0.25) is 0 Å². The number of aryl methyl sites for hydroxylation is 1. The predicted molar refractivity (Wildman–Crippen MR) is 86.8 cm³/mol. The Labute approximate surface area is 136 Å². The SMILES string of the molecule is Cc1cc(NS(=O)(=O)c2cc(CN)ccc2Cl)ncc1Br. The fourth-order valence-electron chi connectivity index (χ4n) is 1.67. The quantitative estimate of drug-likeness (QED) is 0.840. The number of sulfonamides is 1. The number of pyridine rings is 1. The minimum Gasteiger partial charge on any atom is -0.326 e. The van der Waals surface area contributed by atoms with Crippen molar-refractivity contribution in [3.8, 4) is 0 Å². The average molecular weight is 391 g/mol. The number of hydrogen-bond donors (Lipinski definition) is 2. The van der Waals surface area contributed by atoms with E-state index < -0.39 is 10.0 Å². The van der Waals surface area contributed by atoms with Crippen molar-refractivity contribution in [2.24, 2.45) is 5.73 Å². The molecule has 0 fully saturated rings. The molecule has 3 N–H and O–H groups in total. The summed E-state index contributed by atoms with van der Waals surface area (Å²) in [7, 11) is -3.82. The van der Waals surface area contributed by atoms with Gasteiger partial charge in [0.1, 0.15) is 10.7 Å². The number of benzene rings is 1. The summed E-state index contributed by atoms with van der Waals surface area (Å²) < 4.78 is 28.0. The van der Waals surface area contributed by atoms with Crippen LogP contribution in [0.1, 0.15) is 11.1 Å². The van der Waals surface area contributed by atoms with Crippen LogP contribution >= 0.6 is 27.5 Å². The van der Waals surface area contributed by atoms with Crippen LogP contribution in [0.3, 0.4) is 0 Å². The van der Waals surface area contributed by atoms with Gasteiger partial charge < -0.3 is 5.73 Å². The third-order valence-corrected chi connectivity index (χ3v) is 5.47. The first-order chi connectivity index (χ1) is 9.83. The van der Waals surface area contributed by atoms with E-state index in [-0.39, 0.29) is 22.3 Å². The number of nitrogens with one attached hydrogen (secondary N) is 1. The lowest BCUT2D eigenvalue weighted by Crippen LogP contribution is -2.15. The molecule has 0 saturated heterocycles. The first kappa shape index (κ1) is 16.2. The molecular weight excluding hydrogens is 378 g/mol. The lowest BCUT2D eigenvalue weighted by atomic mass is 10.2. The smallest absolute Gasteiger partial charge is 0.264 e. The van der Waals surface area contributed by atoms with E-state index in [4.69, 9.17) is 17.3 Å². The van der Waals surface area contributed by atoms with Gasteiger partial charge in [-0.05, 0) is 52.2 Å². The van der Waals surface area contributed by atoms with E-state index in [1.807, 2.05) is 6.92 Å². The molecule has 0 bridgehead atoms. The maximum atomic E-state index is 12.4. The summed E-state index contributed by atoms with van der Waals surface area (Å²) in [5, 5.41) is 0.133. The van der Waals surface area contributed by atoms with Crippen molar-refractivity contribution in [3.63, 3.8) is 0 Å². The zero-order valence-electron chi connectivity index (χ0n) is 11.1. The molecule has 0 saturated carbocycles. The van der Waals surface area contributed by atoms with Crippen LogP contribution in [0.4, 0.5) is 5.82 Å². The molecule has 0 spiro atoms. The molecule has 0 aliphatic rings. The largest absolute Gasteiger partial charge is 0.326 e. The summed E-state index contributed by atoms with van der Waals surface area (Å²) in [4.78, 5) is 4.00. The van der Waals surface area contributed by atoms with Crippen molar-refractivity contribution in [1.82, 2.24) is 4.98 Å². The Kier molecular flexibility index (Phi) is 4.88. The molecule has 112 valence electrons. The van der Waals surface area contributed by atoms with Gasteiger partial charge in [-0.15, -0.1) is 0 Å². The third kappa shape index (κ3) is 3.74. The lowest BCUT2D eigenvalue weighted by Gasteiger charge is -2.11. The lowest BCUT2D eigenvalue weighted by molar-refractivity contribution is 0.601. The second-order valence-corrected chi connectivity index (χ2v) is 7.31. The number of halogens is 2. The fourth-order valence-corrected chi connectivity index (χ4v) is 3.44. The van der Waals surface area contributed by atoms with Crippen LogP contribution in [0.25, 0.3) is 0 Å². The number of hydrogen-bond acceptors (Lipinski definition) is 4. The minimum atomic E-state index is -3.82. The summed E-state index contributed by atoms with van der Waals surface area (Å²) in [6.07, 6.45) is 1.53. The predicted octanol–water partition coefficient (Wildman–Crippen LogP) is 3.07. The number of aromatic nitrogens is 1. The molecule has 0 aliphatic heterocycles. The molecular formula is C13H13BrClN3O2S. The molecule has 0 unspecified atom stereocenters. The minimum absolute atomic E-state index is 0.0190. The summed E-state index contributed by atoms with van der Waals surface area (Å²) >= 11 is 9.28. The second kappa shape index (κ2) is 6.31. The topological polar surface area (TPSA) is 85.1 Å². The number of rotatable bonds is 4. The highest BCUT2D eigenvalue weighted by molar-refractivity contribution is 9.10. The van der Waals surface area contributed by atoms with Crippen molar-refractivity contribution in [2.45, 2.75) is 18.4 Å². The Bertz CT molecular complexity index is 781. The van der Waals surface area contributed by atoms with Gasteiger partial charge in [-0.25, -0.2) is 13.4 Å². The monoisotopic (exact) mass is 389 g/mol. The molecule has 8 heteroatoms. The molecule has 5 nitrogen and oxygen atoms in total. The Morgan fingerprint density at radius 3 is 2.71 bits per heavy atom. The van der Waals surface area contributed by atoms with Gasteiger partial charge in [-0.2, -0.15) is 0 Å². The van der Waals surface area contributed by atoms with Gasteiger partial charge in [0, 0.05) is 17.2 Å². The number of anilines is 1. The first-order valence-electron chi connectivity index (χ1n) is 5.97. The fraction of sp³-hybridized carbons (Fsp3) is 0.154. The number of nitrogens with zero attached hydrogens (tertiary/aromatic N) is 1. The van der Waals surface area contributed by atoms with E-state index in [9.17, 15) is 8.42 Å². The van der Waals surface area contributed by atoms with Gasteiger partial charge in [-0.3, -0.25) is 4.72 Å². The van der Waals surface area contributed by atoms with Gasteiger partial charge in [-0.1, -0.05) is 17.7 Å². The maximum Gasteiger partial charge on any atom is 0.264 e. The van der Waals surface area contributed by atoms with Crippen LogP contribution in [-0.2, 0) is 16.6 Å². The van der Waals surface area contributed by atoms with Crippen LogP contribution in [0.5, 0.6) is 0 Å². The molecule has 2 rings (SSSR count). The van der Waals surface area contributed by atoms with Crippen molar-refractivity contribution >= 4 is 43.4 Å². The number of nitrogens with two attached hydrogens (primary N) is 1. The zero-order valence-corrected chi connectivity index (χ0v) is 14.3. The molecule has 0 aliphatic carbocycles. The Hall–Kier alpha value is -1.15. The molecule has 2 aromatic rings.